The van der Waals surface area contributed by atoms with E-state index >= 15 is 0 Å². The van der Waals surface area contributed by atoms with Crippen molar-refractivity contribution in [3.63, 3.8) is 0 Å². The number of ketones is 1. The minimum absolute atomic E-state index is 0.163. The molecule has 1 amide bonds. The van der Waals surface area contributed by atoms with E-state index in [1.807, 2.05) is 37.3 Å². The molecule has 160 valence electrons. The first kappa shape index (κ1) is 21.8. The van der Waals surface area contributed by atoms with Gasteiger partial charge in [-0.3, -0.25) is 9.59 Å². The zero-order valence-corrected chi connectivity index (χ0v) is 17.5. The Morgan fingerprint density at radius 1 is 1.00 bits per heavy atom. The topological polar surface area (TPSA) is 99.5 Å². The normalized spacial score (nSPS) is 10.4. The van der Waals surface area contributed by atoms with E-state index in [2.05, 4.69) is 10.4 Å². The van der Waals surface area contributed by atoms with Crippen LogP contribution in [-0.2, 0) is 14.3 Å². The van der Waals surface area contributed by atoms with Crippen molar-refractivity contribution in [2.75, 3.05) is 18.5 Å². The molecular weight excluding hydrogens is 398 g/mol. The van der Waals surface area contributed by atoms with Crippen molar-refractivity contribution in [2.24, 2.45) is 0 Å². The molecule has 0 radical (unpaired) electrons. The molecule has 0 atom stereocenters. The van der Waals surface area contributed by atoms with E-state index in [0.717, 1.165) is 5.69 Å². The second kappa shape index (κ2) is 9.71. The molecule has 0 spiro atoms. The molecule has 0 bridgehead atoms. The molecule has 0 aliphatic rings. The summed E-state index contributed by atoms with van der Waals surface area (Å²) in [6.45, 7) is 5.01. The first-order chi connectivity index (χ1) is 14.9. The van der Waals surface area contributed by atoms with Crippen molar-refractivity contribution in [2.45, 2.75) is 20.8 Å². The molecule has 0 aliphatic carbocycles. The first-order valence-electron chi connectivity index (χ1n) is 9.77. The van der Waals surface area contributed by atoms with Crippen LogP contribution in [0.25, 0.3) is 5.69 Å². The average molecular weight is 421 g/mol. The number of nitrogens with one attached hydrogen (secondary N) is 1. The van der Waals surface area contributed by atoms with Crippen molar-refractivity contribution in [1.29, 1.82) is 0 Å². The smallest absolute Gasteiger partial charge is 0.380 e. The number of para-hydroxylation sites is 3. The molecule has 0 aliphatic heterocycles. The number of esters is 1. The summed E-state index contributed by atoms with van der Waals surface area (Å²) < 4.78 is 12.0. The second-order valence-electron chi connectivity index (χ2n) is 6.68. The van der Waals surface area contributed by atoms with Gasteiger partial charge in [-0.1, -0.05) is 30.3 Å². The maximum absolute atomic E-state index is 12.7. The molecule has 8 nitrogen and oxygen atoms in total. The largest absolute Gasteiger partial charge is 0.492 e. The molecule has 8 heteroatoms. The Bertz CT molecular complexity index is 1110. The predicted octanol–water partition coefficient (Wildman–Crippen LogP) is 3.25. The standard InChI is InChI=1S/C23H23N3O5/c1-4-30-19-13-9-8-12-18(19)24-20(27)14-31-23(29)22(28)21-15(2)25-26(16(21)3)17-10-6-5-7-11-17/h5-13H,4,14H2,1-3H3,(H,24,27). The number of aromatic nitrogens is 2. The highest BCUT2D eigenvalue weighted by Crippen LogP contribution is 2.23. The lowest BCUT2D eigenvalue weighted by atomic mass is 10.1. The lowest BCUT2D eigenvalue weighted by molar-refractivity contribution is -0.142. The van der Waals surface area contributed by atoms with Gasteiger partial charge in [-0.25, -0.2) is 9.48 Å². The summed E-state index contributed by atoms with van der Waals surface area (Å²) in [6, 6.07) is 16.2. The van der Waals surface area contributed by atoms with Crippen molar-refractivity contribution in [1.82, 2.24) is 9.78 Å². The molecule has 0 saturated heterocycles. The highest BCUT2D eigenvalue weighted by atomic mass is 16.5. The van der Waals surface area contributed by atoms with Crippen molar-refractivity contribution < 1.29 is 23.9 Å². The number of amides is 1. The second-order valence-corrected chi connectivity index (χ2v) is 6.68. The van der Waals surface area contributed by atoms with Gasteiger partial charge >= 0.3 is 5.97 Å². The van der Waals surface area contributed by atoms with Crippen LogP contribution in [0, 0.1) is 13.8 Å². The van der Waals surface area contributed by atoms with Gasteiger partial charge in [-0.15, -0.1) is 0 Å². The number of hydrogen-bond acceptors (Lipinski definition) is 6. The van der Waals surface area contributed by atoms with Gasteiger partial charge in [0.2, 0.25) is 0 Å². The maximum atomic E-state index is 12.7. The quantitative estimate of drug-likeness (QED) is 0.341. The van der Waals surface area contributed by atoms with Gasteiger partial charge in [0, 0.05) is 0 Å². The van der Waals surface area contributed by atoms with E-state index in [1.165, 1.54) is 0 Å². The molecule has 1 aromatic heterocycles. The number of rotatable bonds is 8. The van der Waals surface area contributed by atoms with E-state index in [4.69, 9.17) is 9.47 Å². The minimum Gasteiger partial charge on any atom is -0.492 e. The first-order valence-corrected chi connectivity index (χ1v) is 9.77. The fourth-order valence-corrected chi connectivity index (χ4v) is 3.13. The Morgan fingerprint density at radius 2 is 1.68 bits per heavy atom. The van der Waals surface area contributed by atoms with Crippen LogP contribution in [0.2, 0.25) is 0 Å². The number of hydrogen-bond donors (Lipinski definition) is 1. The molecular formula is C23H23N3O5. The van der Waals surface area contributed by atoms with Crippen molar-refractivity contribution >= 4 is 23.3 Å². The SMILES string of the molecule is CCOc1ccccc1NC(=O)COC(=O)C(=O)c1c(C)nn(-c2ccccc2)c1C. The summed E-state index contributed by atoms with van der Waals surface area (Å²) in [5.74, 6) is -2.05. The third kappa shape index (κ3) is 4.98. The summed E-state index contributed by atoms with van der Waals surface area (Å²) in [7, 11) is 0. The molecule has 3 rings (SSSR count). The Morgan fingerprint density at radius 3 is 2.39 bits per heavy atom. The van der Waals surface area contributed by atoms with Crippen LogP contribution >= 0.6 is 0 Å². The zero-order chi connectivity index (χ0) is 22.4. The summed E-state index contributed by atoms with van der Waals surface area (Å²) in [5, 5.41) is 6.97. The number of anilines is 1. The lowest BCUT2D eigenvalue weighted by Crippen LogP contribution is -2.25. The highest BCUT2D eigenvalue weighted by Gasteiger charge is 2.27. The molecule has 2 aromatic carbocycles. The number of nitrogens with zero attached hydrogens (tertiary/aromatic N) is 2. The van der Waals surface area contributed by atoms with Gasteiger partial charge in [-0.05, 0) is 45.0 Å². The summed E-state index contributed by atoms with van der Waals surface area (Å²) in [5.41, 5.74) is 2.30. The van der Waals surface area contributed by atoms with Crippen LogP contribution in [0.1, 0.15) is 28.7 Å². The van der Waals surface area contributed by atoms with Gasteiger partial charge in [0.25, 0.3) is 11.7 Å². The van der Waals surface area contributed by atoms with Crippen LogP contribution < -0.4 is 10.1 Å². The highest BCUT2D eigenvalue weighted by molar-refractivity contribution is 6.41. The molecule has 1 N–H and O–H groups in total. The lowest BCUT2D eigenvalue weighted by Gasteiger charge is -2.11. The maximum Gasteiger partial charge on any atom is 0.380 e. The third-order valence-corrected chi connectivity index (χ3v) is 4.50. The summed E-state index contributed by atoms with van der Waals surface area (Å²) in [4.78, 5) is 37.2. The molecule has 1 heterocycles. The Kier molecular flexibility index (Phi) is 6.81. The number of ether oxygens (including phenoxy) is 2. The van der Waals surface area contributed by atoms with Crippen LogP contribution in [0.15, 0.2) is 54.6 Å². The van der Waals surface area contributed by atoms with Gasteiger partial charge in [0.15, 0.2) is 6.61 Å². The number of carbonyl (C=O) groups excluding carboxylic acids is 3. The van der Waals surface area contributed by atoms with Crippen molar-refractivity contribution in [3.05, 3.63) is 71.5 Å². The van der Waals surface area contributed by atoms with Crippen molar-refractivity contribution in [3.8, 4) is 11.4 Å². The van der Waals surface area contributed by atoms with E-state index in [0.29, 0.717) is 29.4 Å². The van der Waals surface area contributed by atoms with Gasteiger partial charge < -0.3 is 14.8 Å². The van der Waals surface area contributed by atoms with Crippen LogP contribution in [0.5, 0.6) is 5.75 Å². The molecule has 3 aromatic rings. The predicted molar refractivity (Wildman–Crippen MR) is 115 cm³/mol. The summed E-state index contributed by atoms with van der Waals surface area (Å²) >= 11 is 0. The summed E-state index contributed by atoms with van der Waals surface area (Å²) in [6.07, 6.45) is 0. The van der Waals surface area contributed by atoms with Crippen LogP contribution in [-0.4, -0.2) is 40.7 Å². The van der Waals surface area contributed by atoms with E-state index in [-0.39, 0.29) is 5.56 Å². The number of benzene rings is 2. The minimum atomic E-state index is -1.12. The molecule has 0 fully saturated rings. The zero-order valence-electron chi connectivity index (χ0n) is 17.5. The van der Waals surface area contributed by atoms with Crippen LogP contribution in [0.4, 0.5) is 5.69 Å². The number of Topliss-reactive ketones (excluding diaryl/α,β-unsaturated/α-hetero) is 1. The Hall–Kier alpha value is -3.94. The number of aryl methyl sites for hydroxylation is 1. The van der Waals surface area contributed by atoms with E-state index in [9.17, 15) is 14.4 Å². The van der Waals surface area contributed by atoms with Gasteiger partial charge in [0.05, 0.1) is 34.9 Å². The monoisotopic (exact) mass is 421 g/mol. The number of carbonyl (C=O) groups is 3. The van der Waals surface area contributed by atoms with Gasteiger partial charge in [-0.2, -0.15) is 5.10 Å². The van der Waals surface area contributed by atoms with E-state index in [1.54, 1.807) is 42.8 Å². The fourth-order valence-electron chi connectivity index (χ4n) is 3.13. The van der Waals surface area contributed by atoms with E-state index < -0.39 is 24.3 Å². The van der Waals surface area contributed by atoms with Crippen LogP contribution in [0.3, 0.4) is 0 Å². The fraction of sp³-hybridized carbons (Fsp3) is 0.217. The Labute approximate surface area is 179 Å². The Balaban J connectivity index is 1.66. The molecule has 0 unspecified atom stereocenters. The molecule has 31 heavy (non-hydrogen) atoms. The van der Waals surface area contributed by atoms with Gasteiger partial charge in [0.1, 0.15) is 5.75 Å². The molecule has 0 saturated carbocycles. The third-order valence-electron chi connectivity index (χ3n) is 4.50. The average Bonchev–Trinajstić information content (AvgIpc) is 3.07.